The van der Waals surface area contributed by atoms with Crippen LogP contribution in [0.25, 0.3) is 0 Å². The van der Waals surface area contributed by atoms with Gasteiger partial charge in [0.05, 0.1) is 0 Å². The normalized spacial score (nSPS) is 24.3. The number of fused-ring (bicyclic) bond motifs is 2. The molecular formula is C30H41IO4S. The number of halogens is 1. The fourth-order valence-electron chi connectivity index (χ4n) is 6.14. The Labute approximate surface area is 225 Å². The van der Waals surface area contributed by atoms with Crippen molar-refractivity contribution in [1.29, 1.82) is 0 Å². The second-order valence-electron chi connectivity index (χ2n) is 13.1. The van der Waals surface area contributed by atoms with E-state index in [4.69, 9.17) is 2.51 Å². The Morgan fingerprint density at radius 3 is 1.75 bits per heavy atom. The van der Waals surface area contributed by atoms with Crippen LogP contribution in [0.5, 0.6) is 0 Å². The molecule has 2 saturated carbocycles. The number of hydrogen-bond acceptors (Lipinski definition) is 4. The van der Waals surface area contributed by atoms with Crippen LogP contribution in [0.3, 0.4) is 0 Å². The summed E-state index contributed by atoms with van der Waals surface area (Å²) < 4.78 is 36.3. The molecule has 198 valence electrons. The minimum atomic E-state index is -3.98. The number of Topliss-reactive ketones (excluding diaryl/α,β-unsaturated/α-hetero) is 1. The molecule has 2 unspecified atom stereocenters. The fraction of sp³-hybridized carbons (Fsp3) is 0.567. The molecule has 4 nitrogen and oxygen atoms in total. The molecule has 2 bridgehead atoms. The summed E-state index contributed by atoms with van der Waals surface area (Å²) >= 11 is -2.95. The number of carbonyl (C=O) groups is 1. The van der Waals surface area contributed by atoms with Crippen molar-refractivity contribution in [1.82, 2.24) is 0 Å². The Morgan fingerprint density at radius 2 is 1.36 bits per heavy atom. The topological polar surface area (TPSA) is 60.4 Å². The second-order valence-corrected chi connectivity index (χ2v) is 19.5. The van der Waals surface area contributed by atoms with Gasteiger partial charge in [-0.2, -0.15) is 0 Å². The minimum absolute atomic E-state index is 0.0986. The van der Waals surface area contributed by atoms with E-state index in [1.165, 1.54) is 0 Å². The van der Waals surface area contributed by atoms with Crippen molar-refractivity contribution in [3.63, 3.8) is 0 Å². The molecule has 2 aliphatic rings. The van der Waals surface area contributed by atoms with Gasteiger partial charge in [-0.05, 0) is 0 Å². The third-order valence-corrected chi connectivity index (χ3v) is 16.3. The Bertz CT molecular complexity index is 1210. The number of ketones is 1. The zero-order chi connectivity index (χ0) is 26.7. The van der Waals surface area contributed by atoms with E-state index in [-0.39, 0.29) is 33.7 Å². The van der Waals surface area contributed by atoms with Gasteiger partial charge >= 0.3 is 227 Å². The quantitative estimate of drug-likeness (QED) is 0.313. The summed E-state index contributed by atoms with van der Waals surface area (Å²) in [6.07, 6.45) is 2.04. The van der Waals surface area contributed by atoms with Crippen molar-refractivity contribution in [2.75, 3.05) is 5.75 Å². The summed E-state index contributed by atoms with van der Waals surface area (Å²) in [6.45, 7) is 17.1. The summed E-state index contributed by atoms with van der Waals surface area (Å²) in [5.74, 6) is 0.144. The first-order chi connectivity index (χ1) is 16.5. The van der Waals surface area contributed by atoms with Gasteiger partial charge in [0.25, 0.3) is 0 Å². The molecule has 6 heteroatoms. The van der Waals surface area contributed by atoms with E-state index in [2.05, 4.69) is 79.7 Å². The van der Waals surface area contributed by atoms with E-state index in [0.717, 1.165) is 24.7 Å². The van der Waals surface area contributed by atoms with E-state index < -0.39 is 35.8 Å². The van der Waals surface area contributed by atoms with Gasteiger partial charge in [0.2, 0.25) is 0 Å². The van der Waals surface area contributed by atoms with Crippen molar-refractivity contribution in [2.45, 2.75) is 85.5 Å². The molecule has 2 aliphatic carbocycles. The van der Waals surface area contributed by atoms with Crippen LogP contribution in [0.4, 0.5) is 0 Å². The van der Waals surface area contributed by atoms with Gasteiger partial charge in [-0.3, -0.25) is 0 Å². The summed E-state index contributed by atoms with van der Waals surface area (Å²) in [6, 6.07) is 16.3. The summed E-state index contributed by atoms with van der Waals surface area (Å²) in [4.78, 5) is 13.1. The summed E-state index contributed by atoms with van der Waals surface area (Å²) in [5, 5.41) is 0. The van der Waals surface area contributed by atoms with E-state index in [9.17, 15) is 13.2 Å². The van der Waals surface area contributed by atoms with Crippen LogP contribution >= 0.6 is 20.2 Å². The van der Waals surface area contributed by atoms with Crippen molar-refractivity contribution < 1.29 is 15.7 Å². The molecule has 2 aromatic carbocycles. The van der Waals surface area contributed by atoms with Gasteiger partial charge in [0.15, 0.2) is 0 Å². The van der Waals surface area contributed by atoms with Crippen molar-refractivity contribution >= 4 is 36.1 Å². The van der Waals surface area contributed by atoms with E-state index in [0.29, 0.717) is 12.8 Å². The van der Waals surface area contributed by atoms with Crippen LogP contribution < -0.4 is 0 Å². The van der Waals surface area contributed by atoms with Gasteiger partial charge < -0.3 is 0 Å². The third kappa shape index (κ3) is 4.82. The molecule has 0 heterocycles. The standard InChI is InChI=1S/C30H41IO4S/c1-27(2,3)22-13-9-11-15-24(22)31(25-16-12-10-14-23(25)28(4,5)6)35-36(33,34)20-30-18-17-21(19-26(30)32)29(30,7)8/h9-16,21H,17-20H2,1-8H3. The molecule has 2 atom stereocenters. The molecular weight excluding hydrogens is 583 g/mol. The average Bonchev–Trinajstić information content (AvgIpc) is 3.10. The van der Waals surface area contributed by atoms with Crippen molar-refractivity contribution in [3.05, 3.63) is 66.8 Å². The maximum atomic E-state index is 13.9. The third-order valence-electron chi connectivity index (χ3n) is 8.45. The number of rotatable bonds is 6. The van der Waals surface area contributed by atoms with E-state index in [1.54, 1.807) is 0 Å². The zero-order valence-electron chi connectivity index (χ0n) is 22.9. The van der Waals surface area contributed by atoms with Gasteiger partial charge in [-0.15, -0.1) is 0 Å². The van der Waals surface area contributed by atoms with Crippen LogP contribution in [0.15, 0.2) is 48.5 Å². The molecule has 0 spiro atoms. The molecule has 0 aliphatic heterocycles. The first-order valence-electron chi connectivity index (χ1n) is 12.8. The fourth-order valence-corrected chi connectivity index (χ4v) is 15.7. The molecule has 0 saturated heterocycles. The molecule has 4 rings (SSSR count). The van der Waals surface area contributed by atoms with Gasteiger partial charge in [0, 0.05) is 0 Å². The van der Waals surface area contributed by atoms with Gasteiger partial charge in [0.1, 0.15) is 0 Å². The second kappa shape index (κ2) is 9.19. The SMILES string of the molecule is CC(C)(C)c1ccccc1I(OS(=O)(=O)CC12CCC(CC1=O)C2(C)C)c1ccccc1C(C)(C)C. The number of carbonyl (C=O) groups excluding carboxylic acids is 1. The van der Waals surface area contributed by atoms with Crippen molar-refractivity contribution in [2.24, 2.45) is 16.7 Å². The van der Waals surface area contributed by atoms with Gasteiger partial charge in [-0.25, -0.2) is 0 Å². The molecule has 2 fully saturated rings. The van der Waals surface area contributed by atoms with Crippen LogP contribution in [0, 0.1) is 23.9 Å². The summed E-state index contributed by atoms with van der Waals surface area (Å²) in [5.41, 5.74) is 0.724. The van der Waals surface area contributed by atoms with E-state index >= 15 is 0 Å². The maximum absolute atomic E-state index is 13.9. The van der Waals surface area contributed by atoms with Crippen LogP contribution in [-0.4, -0.2) is 20.0 Å². The molecule has 2 aromatic rings. The number of hydrogen-bond donors (Lipinski definition) is 0. The first-order valence-corrected chi connectivity index (χ1v) is 17.5. The first kappa shape index (κ1) is 27.8. The number of benzene rings is 2. The predicted octanol–water partition coefficient (Wildman–Crippen LogP) is 7.48. The Hall–Kier alpha value is -1.25. The van der Waals surface area contributed by atoms with Crippen molar-refractivity contribution in [3.8, 4) is 0 Å². The van der Waals surface area contributed by atoms with E-state index in [1.807, 2.05) is 24.3 Å². The molecule has 0 aromatic heterocycles. The van der Waals surface area contributed by atoms with Crippen LogP contribution in [0.1, 0.15) is 85.8 Å². The summed E-state index contributed by atoms with van der Waals surface area (Å²) in [7, 11) is -3.98. The van der Waals surface area contributed by atoms with Gasteiger partial charge in [-0.1, -0.05) is 0 Å². The zero-order valence-corrected chi connectivity index (χ0v) is 25.9. The molecule has 36 heavy (non-hydrogen) atoms. The Balaban J connectivity index is 1.84. The predicted molar refractivity (Wildman–Crippen MR) is 155 cm³/mol. The Kier molecular flexibility index (Phi) is 7.09. The van der Waals surface area contributed by atoms with Crippen LogP contribution in [-0.2, 0) is 28.3 Å². The molecule has 0 amide bonds. The molecule has 0 radical (unpaired) electrons. The Morgan fingerprint density at radius 1 is 0.889 bits per heavy atom. The monoisotopic (exact) mass is 624 g/mol. The molecule has 0 N–H and O–H groups in total. The average molecular weight is 625 g/mol. The van der Waals surface area contributed by atoms with Crippen LogP contribution in [0.2, 0.25) is 0 Å².